The van der Waals surface area contributed by atoms with Gasteiger partial charge in [0.25, 0.3) is 5.91 Å². The first-order valence-corrected chi connectivity index (χ1v) is 10.6. The van der Waals surface area contributed by atoms with Crippen LogP contribution < -0.4 is 5.32 Å². The number of benzene rings is 2. The highest BCUT2D eigenvalue weighted by molar-refractivity contribution is 5.82. The number of halogens is 1. The van der Waals surface area contributed by atoms with Crippen LogP contribution in [0.5, 0.6) is 0 Å². The minimum atomic E-state index is -0.432. The zero-order chi connectivity index (χ0) is 20.9. The summed E-state index contributed by atoms with van der Waals surface area (Å²) in [6.07, 6.45) is 1.97. The normalized spacial score (nSPS) is 23.8. The Bertz CT molecular complexity index is 850. The number of nitrogens with zero attached hydrogens (tertiary/aromatic N) is 1. The first kappa shape index (κ1) is 21.0. The maximum absolute atomic E-state index is 13.5. The predicted octanol–water partition coefficient (Wildman–Crippen LogP) is 3.08. The van der Waals surface area contributed by atoms with Crippen LogP contribution in [-0.4, -0.2) is 56.4 Å². The number of nitrogens with one attached hydrogen (secondary N) is 1. The smallest absolute Gasteiger partial charge is 0.252 e. The molecule has 5 nitrogen and oxygen atoms in total. The highest BCUT2D eigenvalue weighted by Crippen LogP contribution is 2.36. The van der Waals surface area contributed by atoms with Gasteiger partial charge in [0.15, 0.2) is 0 Å². The lowest BCUT2D eigenvalue weighted by Crippen LogP contribution is -2.50. The second kappa shape index (κ2) is 9.69. The molecule has 3 atom stereocenters. The van der Waals surface area contributed by atoms with Crippen LogP contribution in [0.1, 0.15) is 35.6 Å². The van der Waals surface area contributed by atoms with E-state index in [-0.39, 0.29) is 23.8 Å². The van der Waals surface area contributed by atoms with E-state index in [0.29, 0.717) is 26.2 Å². The van der Waals surface area contributed by atoms with Crippen LogP contribution in [0, 0.1) is 5.82 Å². The molecule has 30 heavy (non-hydrogen) atoms. The highest BCUT2D eigenvalue weighted by Gasteiger charge is 2.37. The molecule has 0 bridgehead atoms. The molecule has 0 aromatic heterocycles. The molecule has 0 saturated carbocycles. The Balaban J connectivity index is 1.51. The van der Waals surface area contributed by atoms with Gasteiger partial charge in [0, 0.05) is 26.2 Å². The monoisotopic (exact) mass is 412 g/mol. The van der Waals surface area contributed by atoms with Crippen molar-refractivity contribution in [1.82, 2.24) is 10.2 Å². The lowest BCUT2D eigenvalue weighted by molar-refractivity contribution is -0.149. The third-order valence-electron chi connectivity index (χ3n) is 6.04. The quantitative estimate of drug-likeness (QED) is 0.741. The summed E-state index contributed by atoms with van der Waals surface area (Å²) < 4.78 is 24.6. The van der Waals surface area contributed by atoms with E-state index in [1.54, 1.807) is 19.2 Å². The first-order chi connectivity index (χ1) is 14.7. The van der Waals surface area contributed by atoms with E-state index in [4.69, 9.17) is 9.47 Å². The van der Waals surface area contributed by atoms with E-state index < -0.39 is 6.10 Å². The van der Waals surface area contributed by atoms with Crippen molar-refractivity contribution in [3.8, 4) is 0 Å². The maximum Gasteiger partial charge on any atom is 0.252 e. The zero-order valence-corrected chi connectivity index (χ0v) is 17.4. The Morgan fingerprint density at radius 2 is 2.00 bits per heavy atom. The molecule has 2 aromatic rings. The van der Waals surface area contributed by atoms with Crippen molar-refractivity contribution in [2.24, 2.45) is 0 Å². The van der Waals surface area contributed by atoms with Gasteiger partial charge >= 0.3 is 0 Å². The van der Waals surface area contributed by atoms with Gasteiger partial charge in [-0.25, -0.2) is 4.39 Å². The molecule has 4 rings (SSSR count). The largest absolute Gasteiger partial charge is 0.383 e. The molecule has 0 spiro atoms. The van der Waals surface area contributed by atoms with Crippen molar-refractivity contribution in [2.75, 3.05) is 33.4 Å². The summed E-state index contributed by atoms with van der Waals surface area (Å²) in [4.78, 5) is 15.4. The molecule has 1 saturated heterocycles. The number of fused-ring (bicyclic) bond motifs is 1. The maximum atomic E-state index is 13.5. The Morgan fingerprint density at radius 1 is 1.20 bits per heavy atom. The van der Waals surface area contributed by atoms with Gasteiger partial charge < -0.3 is 19.7 Å². The Hall–Kier alpha value is -2.28. The number of carbonyl (C=O) groups is 1. The molecular formula is C24H29FN2O3. The van der Waals surface area contributed by atoms with Crippen molar-refractivity contribution < 1.29 is 18.7 Å². The van der Waals surface area contributed by atoms with E-state index >= 15 is 0 Å². The Morgan fingerprint density at radius 3 is 2.73 bits per heavy atom. The summed E-state index contributed by atoms with van der Waals surface area (Å²) in [5.74, 6) is -0.252. The molecule has 0 unspecified atom stereocenters. The second-order valence-corrected chi connectivity index (χ2v) is 7.98. The summed E-state index contributed by atoms with van der Waals surface area (Å²) in [6, 6.07) is 14.7. The topological polar surface area (TPSA) is 50.8 Å². The van der Waals surface area contributed by atoms with Crippen molar-refractivity contribution in [3.05, 3.63) is 71.0 Å². The van der Waals surface area contributed by atoms with Crippen LogP contribution in [0.4, 0.5) is 4.39 Å². The van der Waals surface area contributed by atoms with Gasteiger partial charge in [-0.1, -0.05) is 36.4 Å². The fourth-order valence-corrected chi connectivity index (χ4v) is 4.47. The average Bonchev–Trinajstić information content (AvgIpc) is 2.79. The number of hydrogen-bond acceptors (Lipinski definition) is 4. The molecule has 1 N–H and O–H groups in total. The van der Waals surface area contributed by atoms with Gasteiger partial charge in [-0.05, 0) is 48.1 Å². The van der Waals surface area contributed by atoms with E-state index in [9.17, 15) is 9.18 Å². The third-order valence-corrected chi connectivity index (χ3v) is 6.04. The molecule has 160 valence electrons. The van der Waals surface area contributed by atoms with Gasteiger partial charge in [-0.3, -0.25) is 4.79 Å². The number of ether oxygens (including phenoxy) is 2. The number of hydrogen-bond donors (Lipinski definition) is 1. The molecule has 2 aliphatic rings. The van der Waals surface area contributed by atoms with E-state index in [1.807, 2.05) is 17.0 Å². The summed E-state index contributed by atoms with van der Waals surface area (Å²) >= 11 is 0. The van der Waals surface area contributed by atoms with Crippen LogP contribution in [-0.2, 0) is 20.7 Å². The van der Waals surface area contributed by atoms with Crippen molar-refractivity contribution in [3.63, 3.8) is 0 Å². The lowest BCUT2D eigenvalue weighted by atomic mass is 9.87. The fourth-order valence-electron chi connectivity index (χ4n) is 4.47. The predicted molar refractivity (Wildman–Crippen MR) is 113 cm³/mol. The van der Waals surface area contributed by atoms with Crippen molar-refractivity contribution in [1.29, 1.82) is 0 Å². The van der Waals surface area contributed by atoms with Gasteiger partial charge in [-0.2, -0.15) is 0 Å². The van der Waals surface area contributed by atoms with Crippen molar-refractivity contribution in [2.45, 2.75) is 37.5 Å². The summed E-state index contributed by atoms with van der Waals surface area (Å²) in [5, 5.41) is 3.40. The van der Waals surface area contributed by atoms with Gasteiger partial charge in [-0.15, -0.1) is 0 Å². The molecule has 6 heteroatoms. The van der Waals surface area contributed by atoms with Gasteiger partial charge in [0.05, 0.1) is 19.3 Å². The van der Waals surface area contributed by atoms with Crippen LogP contribution >= 0.6 is 0 Å². The Labute approximate surface area is 177 Å². The summed E-state index contributed by atoms with van der Waals surface area (Å²) in [7, 11) is 1.68. The fraction of sp³-hybridized carbons (Fsp3) is 0.458. The van der Waals surface area contributed by atoms with Crippen LogP contribution in [0.25, 0.3) is 0 Å². The molecule has 0 radical (unpaired) electrons. The number of amides is 1. The summed E-state index contributed by atoms with van der Waals surface area (Å²) in [6.45, 7) is 2.59. The molecule has 1 amide bonds. The number of methoxy groups -OCH3 is 1. The molecule has 2 heterocycles. The van der Waals surface area contributed by atoms with Crippen LogP contribution in [0.2, 0.25) is 0 Å². The average molecular weight is 413 g/mol. The molecular weight excluding hydrogens is 383 g/mol. The zero-order valence-electron chi connectivity index (χ0n) is 17.4. The van der Waals surface area contributed by atoms with Crippen LogP contribution in [0.3, 0.4) is 0 Å². The highest BCUT2D eigenvalue weighted by atomic mass is 19.1. The standard InChI is InChI=1S/C24H29FN2O3/c1-29-15-13-26-20-10-11-22(30-16-20)24(28)27-14-12-17-4-2-3-5-21(17)23(27)18-6-8-19(25)9-7-18/h2-9,20,22-23,26H,10-16H2,1H3/t20-,22-,23-/m0/s1. The SMILES string of the molecule is COCCN[C@H]1CC[C@@H](C(=O)N2CCc3ccccc3[C@@H]2c2ccc(F)cc2)OC1. The first-order valence-electron chi connectivity index (χ1n) is 10.6. The van der Waals surface area contributed by atoms with E-state index in [1.165, 1.54) is 17.7 Å². The third kappa shape index (κ3) is 4.56. The molecule has 0 aliphatic carbocycles. The minimum absolute atomic E-state index is 0.0224. The lowest BCUT2D eigenvalue weighted by Gasteiger charge is -2.40. The van der Waals surface area contributed by atoms with Crippen LogP contribution in [0.15, 0.2) is 48.5 Å². The second-order valence-electron chi connectivity index (χ2n) is 7.98. The molecule has 2 aromatic carbocycles. The van der Waals surface area contributed by atoms with Gasteiger partial charge in [0.2, 0.25) is 0 Å². The Kier molecular flexibility index (Phi) is 6.77. The number of carbonyl (C=O) groups excluding carboxylic acids is 1. The summed E-state index contributed by atoms with van der Waals surface area (Å²) in [5.41, 5.74) is 3.27. The van der Waals surface area contributed by atoms with E-state index in [2.05, 4.69) is 17.4 Å². The molecule has 2 aliphatic heterocycles. The van der Waals surface area contributed by atoms with Crippen molar-refractivity contribution >= 4 is 5.91 Å². The van der Waals surface area contributed by atoms with E-state index in [0.717, 1.165) is 30.5 Å². The number of rotatable bonds is 6. The van der Waals surface area contributed by atoms with Gasteiger partial charge in [0.1, 0.15) is 11.9 Å². The molecule has 1 fully saturated rings. The minimum Gasteiger partial charge on any atom is -0.383 e.